The van der Waals surface area contributed by atoms with Crippen LogP contribution in [0.2, 0.25) is 0 Å². The van der Waals surface area contributed by atoms with E-state index in [9.17, 15) is 28.8 Å². The normalized spacial score (nSPS) is 29.7. The van der Waals surface area contributed by atoms with E-state index in [1.165, 1.54) is 41.5 Å². The van der Waals surface area contributed by atoms with Crippen LogP contribution in [-0.4, -0.2) is 96.8 Å². The maximum atomic E-state index is 11.1. The van der Waals surface area contributed by atoms with Crippen LogP contribution in [0.1, 0.15) is 41.5 Å². The molecule has 16 heteroatoms. The maximum absolute atomic E-state index is 11.1. The number of hydrogen-bond acceptors (Lipinski definition) is 14. The van der Waals surface area contributed by atoms with Gasteiger partial charge in [0.25, 0.3) is 0 Å². The Hall–Kier alpha value is -2.68. The molecule has 0 amide bonds. The summed E-state index contributed by atoms with van der Waals surface area (Å²) in [5.41, 5.74) is 0. The van der Waals surface area contributed by atoms with E-state index in [1.54, 1.807) is 0 Å². The molecule has 8 atom stereocenters. The summed E-state index contributed by atoms with van der Waals surface area (Å²) in [6.45, 7) is 7.14. The van der Waals surface area contributed by atoms with Crippen molar-refractivity contribution in [1.82, 2.24) is 0 Å². The van der Waals surface area contributed by atoms with Crippen LogP contribution in [-0.2, 0) is 66.7 Å². The molecule has 0 radical (unpaired) electrons. The van der Waals surface area contributed by atoms with Crippen LogP contribution >= 0.6 is 23.2 Å². The van der Waals surface area contributed by atoms with E-state index >= 15 is 0 Å². The smallest absolute Gasteiger partial charge is 0.305 e. The first-order valence-corrected chi connectivity index (χ1v) is 12.2. The molecule has 0 N–H and O–H groups in total. The first-order valence-electron chi connectivity index (χ1n) is 11.2. The summed E-state index contributed by atoms with van der Waals surface area (Å²) in [6.07, 6.45) is -7.63. The number of esters is 6. The third kappa shape index (κ3) is 10.6. The molecule has 0 spiro atoms. The van der Waals surface area contributed by atoms with Crippen molar-refractivity contribution in [2.45, 2.75) is 90.7 Å². The number of alkyl halides is 2. The van der Waals surface area contributed by atoms with Crippen LogP contribution in [0.15, 0.2) is 0 Å². The van der Waals surface area contributed by atoms with Gasteiger partial charge in [-0.1, -0.05) is 0 Å². The molecule has 2 rings (SSSR count). The van der Waals surface area contributed by atoms with Crippen LogP contribution in [0.25, 0.3) is 0 Å². The van der Waals surface area contributed by atoms with Gasteiger partial charge >= 0.3 is 35.8 Å². The molecule has 2 aliphatic heterocycles. The minimum Gasteiger partial charge on any atom is -0.455 e. The zero-order chi connectivity index (χ0) is 29.2. The van der Waals surface area contributed by atoms with Gasteiger partial charge < -0.3 is 37.9 Å². The van der Waals surface area contributed by atoms with Crippen molar-refractivity contribution in [1.29, 1.82) is 0 Å². The summed E-state index contributed by atoms with van der Waals surface area (Å²) in [6, 6.07) is 0. The quantitative estimate of drug-likeness (QED) is 0.220. The molecule has 2 fully saturated rings. The van der Waals surface area contributed by atoms with Crippen molar-refractivity contribution in [3.05, 3.63) is 0 Å². The molecular weight excluding hydrogens is 559 g/mol. The van der Waals surface area contributed by atoms with E-state index in [-0.39, 0.29) is 11.8 Å². The Labute approximate surface area is 228 Å². The third-order valence-corrected chi connectivity index (χ3v) is 5.22. The highest BCUT2D eigenvalue weighted by atomic mass is 35.5. The number of ether oxygens (including phenoxy) is 8. The second-order valence-corrected chi connectivity index (χ2v) is 8.53. The van der Waals surface area contributed by atoms with Gasteiger partial charge in [-0.2, -0.15) is 0 Å². The van der Waals surface area contributed by atoms with Crippen LogP contribution < -0.4 is 0 Å². The molecule has 2 aliphatic rings. The Bertz CT molecular complexity index is 810. The second-order valence-electron chi connectivity index (χ2n) is 7.91. The minimum absolute atomic E-state index is 0.00647. The molecular formula is C22H30Cl2O14. The van der Waals surface area contributed by atoms with E-state index in [0.717, 1.165) is 0 Å². The van der Waals surface area contributed by atoms with Gasteiger partial charge in [0.2, 0.25) is 24.8 Å². The Morgan fingerprint density at radius 1 is 0.474 bits per heavy atom. The number of rotatable bonds is 8. The fourth-order valence-electron chi connectivity index (χ4n) is 3.45. The number of hydrogen-bond donors (Lipinski definition) is 0. The van der Waals surface area contributed by atoms with Crippen LogP contribution in [0, 0.1) is 0 Å². The van der Waals surface area contributed by atoms with Crippen molar-refractivity contribution in [2.24, 2.45) is 0 Å². The van der Waals surface area contributed by atoms with Gasteiger partial charge in [0.1, 0.15) is 12.2 Å². The molecule has 0 aliphatic carbocycles. The maximum Gasteiger partial charge on any atom is 0.305 e. The molecule has 0 saturated carbocycles. The van der Waals surface area contributed by atoms with Crippen molar-refractivity contribution in [2.75, 3.05) is 11.8 Å². The van der Waals surface area contributed by atoms with E-state index in [4.69, 9.17) is 61.1 Å². The number of carbonyl (C=O) groups excluding carboxylic acids is 6. The van der Waals surface area contributed by atoms with Gasteiger partial charge in [-0.25, -0.2) is 0 Å². The van der Waals surface area contributed by atoms with Gasteiger partial charge in [0.15, 0.2) is 12.2 Å². The summed E-state index contributed by atoms with van der Waals surface area (Å²) < 4.78 is 40.4. The summed E-state index contributed by atoms with van der Waals surface area (Å²) in [5.74, 6) is -3.62. The zero-order valence-electron chi connectivity index (χ0n) is 21.5. The lowest BCUT2D eigenvalue weighted by Gasteiger charge is -2.22. The molecule has 2 saturated heterocycles. The predicted molar refractivity (Wildman–Crippen MR) is 125 cm³/mol. The second kappa shape index (κ2) is 15.7. The SMILES string of the molecule is CC(=O)O[C@@H]1O[C@H](CCl)[C@@H](OC(C)=O)[C@@H]1OC(C)=O.CC(=O)O[C@H]1O[C@H](CCl)[C@@H](OC(C)=O)[C@@H]1OC(C)=O. The van der Waals surface area contributed by atoms with Gasteiger partial charge in [-0.05, 0) is 0 Å². The molecule has 38 heavy (non-hydrogen) atoms. The largest absolute Gasteiger partial charge is 0.455 e. The molecule has 14 nitrogen and oxygen atoms in total. The molecule has 0 bridgehead atoms. The number of carbonyl (C=O) groups is 6. The number of halogens is 2. The summed E-state index contributed by atoms with van der Waals surface area (Å²) >= 11 is 11.4. The lowest BCUT2D eigenvalue weighted by atomic mass is 10.1. The lowest BCUT2D eigenvalue weighted by Crippen LogP contribution is -2.41. The molecule has 0 unspecified atom stereocenters. The van der Waals surface area contributed by atoms with Crippen molar-refractivity contribution in [3.8, 4) is 0 Å². The summed E-state index contributed by atoms with van der Waals surface area (Å²) in [5, 5.41) is 0. The molecule has 0 aromatic rings. The van der Waals surface area contributed by atoms with Crippen molar-refractivity contribution < 1.29 is 66.7 Å². The highest BCUT2D eigenvalue weighted by Crippen LogP contribution is 2.30. The lowest BCUT2D eigenvalue weighted by molar-refractivity contribution is -0.195. The van der Waals surface area contributed by atoms with Crippen molar-refractivity contribution in [3.63, 3.8) is 0 Å². The van der Waals surface area contributed by atoms with Gasteiger partial charge in [-0.3, -0.25) is 28.8 Å². The average Bonchev–Trinajstić information content (AvgIpc) is 3.24. The first-order chi connectivity index (χ1) is 17.7. The standard InChI is InChI=1S/2C11H15ClO7/c2*1-5(13)16-9-8(4-12)19-11(18-7(3)15)10(9)17-6(2)14/h2*8-11H,4H2,1-3H3/t8-,9-,10+,11+;8-,9-,10+,11-/m11/s1. The zero-order valence-corrected chi connectivity index (χ0v) is 23.0. The van der Waals surface area contributed by atoms with Gasteiger partial charge in [-0.15, -0.1) is 23.2 Å². The Morgan fingerprint density at radius 2 is 0.711 bits per heavy atom. The third-order valence-electron chi connectivity index (χ3n) is 4.61. The van der Waals surface area contributed by atoms with E-state index in [0.29, 0.717) is 0 Å². The highest BCUT2D eigenvalue weighted by molar-refractivity contribution is 6.18. The Kier molecular flexibility index (Phi) is 13.7. The van der Waals surface area contributed by atoms with E-state index in [2.05, 4.69) is 0 Å². The predicted octanol–water partition coefficient (Wildman–Crippen LogP) is 0.753. The van der Waals surface area contributed by atoms with E-state index in [1.807, 2.05) is 0 Å². The average molecular weight is 589 g/mol. The Balaban J connectivity index is 0.000000380. The monoisotopic (exact) mass is 588 g/mol. The summed E-state index contributed by atoms with van der Waals surface area (Å²) in [7, 11) is 0. The highest BCUT2D eigenvalue weighted by Gasteiger charge is 2.51. The van der Waals surface area contributed by atoms with Gasteiger partial charge in [0, 0.05) is 41.5 Å². The summed E-state index contributed by atoms with van der Waals surface area (Å²) in [4.78, 5) is 66.2. The topological polar surface area (TPSA) is 176 Å². The van der Waals surface area contributed by atoms with Crippen LogP contribution in [0.3, 0.4) is 0 Å². The Morgan fingerprint density at radius 3 is 0.921 bits per heavy atom. The first kappa shape index (κ1) is 33.3. The van der Waals surface area contributed by atoms with Gasteiger partial charge in [0.05, 0.1) is 11.8 Å². The van der Waals surface area contributed by atoms with E-state index < -0.39 is 85.0 Å². The van der Waals surface area contributed by atoms with Crippen LogP contribution in [0.5, 0.6) is 0 Å². The van der Waals surface area contributed by atoms with Crippen molar-refractivity contribution >= 4 is 59.0 Å². The molecule has 0 aromatic heterocycles. The fourth-order valence-corrected chi connectivity index (χ4v) is 3.95. The minimum atomic E-state index is -1.14. The molecule has 2 heterocycles. The van der Waals surface area contributed by atoms with Crippen LogP contribution in [0.4, 0.5) is 0 Å². The fraction of sp³-hybridized carbons (Fsp3) is 0.727. The molecule has 0 aromatic carbocycles. The molecule has 216 valence electrons.